The second-order valence-corrected chi connectivity index (χ2v) is 9.93. The Morgan fingerprint density at radius 2 is 1.63 bits per heavy atom. The summed E-state index contributed by atoms with van der Waals surface area (Å²) in [5, 5.41) is 27.4. The van der Waals surface area contributed by atoms with Gasteiger partial charge in [0.05, 0.1) is 6.61 Å². The molecule has 0 radical (unpaired) electrons. The smallest absolute Gasteiger partial charge is 0.326 e. The maximum atomic E-state index is 13.3. The molecule has 4 unspecified atom stereocenters. The molecule has 0 aliphatic heterocycles. The number of H-pyrrole nitrogens is 1. The molecule has 0 bridgehead atoms. The molecule has 12 nitrogen and oxygen atoms in total. The van der Waals surface area contributed by atoms with Crippen molar-refractivity contribution in [2.75, 3.05) is 25.2 Å². The molecule has 38 heavy (non-hydrogen) atoms. The highest BCUT2D eigenvalue weighted by Gasteiger charge is 2.30. The van der Waals surface area contributed by atoms with Gasteiger partial charge in [0.2, 0.25) is 17.7 Å². The first-order valence-electron chi connectivity index (χ1n) is 12.5. The van der Waals surface area contributed by atoms with E-state index in [2.05, 4.69) is 20.9 Å². The summed E-state index contributed by atoms with van der Waals surface area (Å²) in [4.78, 5) is 53.8. The predicted molar refractivity (Wildman–Crippen MR) is 146 cm³/mol. The van der Waals surface area contributed by atoms with E-state index in [0.717, 1.165) is 16.5 Å². The average molecular weight is 551 g/mol. The molecule has 0 fully saturated rings. The third-order valence-corrected chi connectivity index (χ3v) is 6.71. The zero-order chi connectivity index (χ0) is 28.1. The number of rotatable bonds is 17. The molecule has 2 rings (SSSR count). The molecule has 1 aromatic carbocycles. The van der Waals surface area contributed by atoms with Crippen LogP contribution in [0.1, 0.15) is 31.2 Å². The van der Waals surface area contributed by atoms with Crippen molar-refractivity contribution in [1.82, 2.24) is 20.9 Å². The number of aliphatic carboxylic acids is 1. The Balaban J connectivity index is 2.30. The van der Waals surface area contributed by atoms with Crippen LogP contribution in [-0.4, -0.2) is 88.2 Å². The number of carbonyl (C=O) groups is 4. The topological polar surface area (TPSA) is 213 Å². The molecule has 0 aliphatic rings. The lowest BCUT2D eigenvalue weighted by Crippen LogP contribution is -2.58. The number of nitrogens with two attached hydrogens (primary N) is 2. The van der Waals surface area contributed by atoms with E-state index in [1.165, 1.54) is 11.8 Å². The number of amides is 3. The number of para-hydroxylation sites is 1. The number of carboxylic acid groups (broad SMARTS) is 1. The lowest BCUT2D eigenvalue weighted by Gasteiger charge is -2.25. The molecule has 13 heteroatoms. The van der Waals surface area contributed by atoms with Crippen molar-refractivity contribution in [2.24, 2.45) is 11.5 Å². The number of thioether (sulfide) groups is 1. The van der Waals surface area contributed by atoms with Gasteiger partial charge < -0.3 is 42.6 Å². The largest absolute Gasteiger partial charge is 0.480 e. The fourth-order valence-electron chi connectivity index (χ4n) is 3.89. The Hall–Kier alpha value is -3.13. The number of aliphatic hydroxyl groups is 1. The van der Waals surface area contributed by atoms with Gasteiger partial charge in [-0.3, -0.25) is 14.4 Å². The van der Waals surface area contributed by atoms with E-state index in [-0.39, 0.29) is 19.3 Å². The van der Waals surface area contributed by atoms with Crippen LogP contribution in [0.15, 0.2) is 30.5 Å². The van der Waals surface area contributed by atoms with Gasteiger partial charge in [-0.15, -0.1) is 0 Å². The summed E-state index contributed by atoms with van der Waals surface area (Å²) in [6, 6.07) is 2.98. The third-order valence-electron chi connectivity index (χ3n) is 6.07. The van der Waals surface area contributed by atoms with Crippen molar-refractivity contribution < 1.29 is 29.4 Å². The number of hydrogen-bond acceptors (Lipinski definition) is 8. The molecule has 0 saturated carbocycles. The Morgan fingerprint density at radius 3 is 2.29 bits per heavy atom. The van der Waals surface area contributed by atoms with Gasteiger partial charge in [-0.1, -0.05) is 18.2 Å². The number of nitrogens with one attached hydrogen (secondary N) is 4. The third kappa shape index (κ3) is 9.31. The van der Waals surface area contributed by atoms with Gasteiger partial charge in [0.15, 0.2) is 0 Å². The Morgan fingerprint density at radius 1 is 0.974 bits per heavy atom. The number of fused-ring (bicyclic) bond motifs is 1. The molecule has 1 aromatic heterocycles. The molecule has 0 aliphatic carbocycles. The van der Waals surface area contributed by atoms with E-state index in [1.807, 2.05) is 30.5 Å². The van der Waals surface area contributed by atoms with E-state index in [4.69, 9.17) is 11.5 Å². The average Bonchev–Trinajstić information content (AvgIpc) is 3.31. The molecule has 210 valence electrons. The van der Waals surface area contributed by atoms with E-state index in [1.54, 1.807) is 6.20 Å². The molecular formula is C25H38N6O6S. The second kappa shape index (κ2) is 16.0. The van der Waals surface area contributed by atoms with Crippen LogP contribution < -0.4 is 27.4 Å². The van der Waals surface area contributed by atoms with Crippen molar-refractivity contribution in [3.8, 4) is 0 Å². The zero-order valence-electron chi connectivity index (χ0n) is 21.4. The first-order chi connectivity index (χ1) is 18.2. The number of unbranched alkanes of at least 4 members (excludes halogenated alkanes) is 1. The Bertz CT molecular complexity index is 1080. The van der Waals surface area contributed by atoms with Gasteiger partial charge in [0, 0.05) is 23.5 Å². The van der Waals surface area contributed by atoms with Crippen LogP contribution in [0, 0.1) is 0 Å². The fourth-order valence-corrected chi connectivity index (χ4v) is 4.36. The van der Waals surface area contributed by atoms with Gasteiger partial charge >= 0.3 is 5.97 Å². The molecule has 3 amide bonds. The van der Waals surface area contributed by atoms with E-state index in [9.17, 15) is 29.4 Å². The van der Waals surface area contributed by atoms with E-state index >= 15 is 0 Å². The monoisotopic (exact) mass is 550 g/mol. The van der Waals surface area contributed by atoms with Crippen LogP contribution in [0.3, 0.4) is 0 Å². The number of aromatic nitrogens is 1. The van der Waals surface area contributed by atoms with Crippen molar-refractivity contribution in [3.63, 3.8) is 0 Å². The molecule has 0 spiro atoms. The van der Waals surface area contributed by atoms with Gasteiger partial charge in [-0.2, -0.15) is 11.8 Å². The first kappa shape index (κ1) is 31.1. The molecule has 0 saturated heterocycles. The van der Waals surface area contributed by atoms with Gasteiger partial charge in [0.25, 0.3) is 0 Å². The van der Waals surface area contributed by atoms with Crippen molar-refractivity contribution >= 4 is 46.4 Å². The summed E-state index contributed by atoms with van der Waals surface area (Å²) in [6.45, 7) is -0.197. The maximum absolute atomic E-state index is 13.3. The summed E-state index contributed by atoms with van der Waals surface area (Å²) in [6.07, 6.45) is 5.24. The number of carboxylic acids is 1. The summed E-state index contributed by atoms with van der Waals surface area (Å²) >= 11 is 1.46. The lowest BCUT2D eigenvalue weighted by atomic mass is 10.0. The molecular weight excluding hydrogens is 512 g/mol. The van der Waals surface area contributed by atoms with Crippen molar-refractivity contribution in [1.29, 1.82) is 0 Å². The highest BCUT2D eigenvalue weighted by atomic mass is 32.2. The van der Waals surface area contributed by atoms with Crippen LogP contribution in [0.2, 0.25) is 0 Å². The Kier molecular flexibility index (Phi) is 13.1. The van der Waals surface area contributed by atoms with Gasteiger partial charge in [-0.25, -0.2) is 4.79 Å². The summed E-state index contributed by atoms with van der Waals surface area (Å²) < 4.78 is 0. The molecule has 10 N–H and O–H groups in total. The first-order valence-corrected chi connectivity index (χ1v) is 13.9. The van der Waals surface area contributed by atoms with Gasteiger partial charge in [0.1, 0.15) is 24.2 Å². The summed E-state index contributed by atoms with van der Waals surface area (Å²) in [5.74, 6) is -2.64. The number of aliphatic hydroxyl groups excluding tert-OH is 1. The maximum Gasteiger partial charge on any atom is 0.326 e. The van der Waals surface area contributed by atoms with Crippen molar-refractivity contribution in [2.45, 2.75) is 56.3 Å². The lowest BCUT2D eigenvalue weighted by molar-refractivity contribution is -0.142. The van der Waals surface area contributed by atoms with Crippen LogP contribution in [0.25, 0.3) is 10.9 Å². The molecule has 2 aromatic rings. The normalized spacial score (nSPS) is 14.3. The molecule has 4 atom stereocenters. The quantitative estimate of drug-likeness (QED) is 0.119. The zero-order valence-corrected chi connectivity index (χ0v) is 22.3. The highest BCUT2D eigenvalue weighted by molar-refractivity contribution is 7.98. The minimum Gasteiger partial charge on any atom is -0.480 e. The highest BCUT2D eigenvalue weighted by Crippen LogP contribution is 2.19. The Labute approximate surface area is 225 Å². The van der Waals surface area contributed by atoms with Crippen LogP contribution >= 0.6 is 11.8 Å². The summed E-state index contributed by atoms with van der Waals surface area (Å²) in [7, 11) is 0. The van der Waals surface area contributed by atoms with Crippen LogP contribution in [0.4, 0.5) is 0 Å². The minimum atomic E-state index is -1.21. The number of aromatic amines is 1. The van der Waals surface area contributed by atoms with E-state index < -0.39 is 54.5 Å². The molecule has 1 heterocycles. The number of hydrogen-bond donors (Lipinski definition) is 8. The standard InChI is InChI=1S/C25H38N6O6S/c1-38-11-9-20(25(36)37)30-24(35)21(12-15-13-28-18-7-3-2-6-16(15)18)31-23(34)19(8-4-5-10-26)29-22(33)17(27)14-32/h2-3,6-7,13,17,19-21,28,32H,4-5,8-12,14,26-27H2,1H3,(H,29,33)(H,30,35)(H,31,34)(H,36,37). The van der Waals surface area contributed by atoms with Crippen molar-refractivity contribution in [3.05, 3.63) is 36.0 Å². The fraction of sp³-hybridized carbons (Fsp3) is 0.520. The van der Waals surface area contributed by atoms with Crippen LogP contribution in [0.5, 0.6) is 0 Å². The number of carbonyl (C=O) groups excluding carboxylic acids is 3. The predicted octanol–water partition coefficient (Wildman–Crippen LogP) is -0.549. The van der Waals surface area contributed by atoms with E-state index in [0.29, 0.717) is 25.1 Å². The number of benzene rings is 1. The van der Waals surface area contributed by atoms with Gasteiger partial charge in [-0.05, 0) is 55.9 Å². The van der Waals surface area contributed by atoms with Crippen LogP contribution in [-0.2, 0) is 25.6 Å². The minimum absolute atomic E-state index is 0.0794. The SMILES string of the molecule is CSCCC(NC(=O)C(Cc1c[nH]c2ccccc12)NC(=O)C(CCCCN)NC(=O)C(N)CO)C(=O)O. The second-order valence-electron chi connectivity index (χ2n) is 8.94. The summed E-state index contributed by atoms with van der Waals surface area (Å²) in [5.41, 5.74) is 12.8.